The van der Waals surface area contributed by atoms with E-state index in [4.69, 9.17) is 11.6 Å². The fourth-order valence-electron chi connectivity index (χ4n) is 1.03. The maximum Gasteiger partial charge on any atom is 0.0608 e. The van der Waals surface area contributed by atoms with Gasteiger partial charge in [0, 0.05) is 4.87 Å². The number of aliphatic hydroxyl groups is 1. The molecule has 56 valence electrons. The highest BCUT2D eigenvalue weighted by atomic mass is 35.5. The van der Waals surface area contributed by atoms with E-state index in [-0.39, 0.29) is 4.87 Å². The average Bonchev–Trinajstić information content (AvgIpc) is 1.14. The van der Waals surface area contributed by atoms with Gasteiger partial charge in [-0.25, -0.2) is 0 Å². The van der Waals surface area contributed by atoms with Crippen LogP contribution in [0, 0.1) is 0 Å². The molecule has 0 atom stereocenters. The smallest absolute Gasteiger partial charge is 0.0608 e. The molecule has 0 unspecified atom stereocenters. The molecule has 0 aromatic carbocycles. The van der Waals surface area contributed by atoms with Gasteiger partial charge >= 0.3 is 0 Å². The molecule has 0 amide bonds. The molecule has 0 rings (SSSR count). The van der Waals surface area contributed by atoms with Crippen molar-refractivity contribution in [3.05, 3.63) is 0 Å². The molecule has 0 fully saturated rings. The molecule has 0 bridgehead atoms. The lowest BCUT2D eigenvalue weighted by Crippen LogP contribution is -2.28. The fraction of sp³-hybridized carbons (Fsp3) is 1.00. The van der Waals surface area contributed by atoms with Gasteiger partial charge < -0.3 is 5.11 Å². The van der Waals surface area contributed by atoms with Crippen molar-refractivity contribution in [1.29, 1.82) is 0 Å². The van der Waals surface area contributed by atoms with E-state index >= 15 is 0 Å². The highest BCUT2D eigenvalue weighted by molar-refractivity contribution is 6.23. The molecular formula is C7H15ClO. The number of rotatable bonds is 2. The second-order valence-corrected chi connectivity index (χ2v) is 4.73. The molecule has 0 aromatic heterocycles. The molecule has 1 nitrogen and oxygen atoms in total. The van der Waals surface area contributed by atoms with E-state index in [0.29, 0.717) is 6.42 Å². The summed E-state index contributed by atoms with van der Waals surface area (Å²) in [6.07, 6.45) is 0.613. The van der Waals surface area contributed by atoms with Crippen molar-refractivity contribution in [2.45, 2.75) is 44.6 Å². The molecular weight excluding hydrogens is 136 g/mol. The zero-order valence-corrected chi connectivity index (χ0v) is 7.29. The van der Waals surface area contributed by atoms with Gasteiger partial charge in [-0.15, -0.1) is 11.6 Å². The van der Waals surface area contributed by atoms with Crippen molar-refractivity contribution in [3.63, 3.8) is 0 Å². The van der Waals surface area contributed by atoms with Crippen molar-refractivity contribution < 1.29 is 5.11 Å². The minimum atomic E-state index is -0.648. The molecule has 0 aliphatic rings. The lowest BCUT2D eigenvalue weighted by atomic mass is 9.96. The Morgan fingerprint density at radius 1 is 1.22 bits per heavy atom. The van der Waals surface area contributed by atoms with Crippen LogP contribution in [0.2, 0.25) is 0 Å². The summed E-state index contributed by atoms with van der Waals surface area (Å²) in [7, 11) is 0. The molecule has 2 heteroatoms. The normalized spacial score (nSPS) is 14.0. The summed E-state index contributed by atoms with van der Waals surface area (Å²) in [6.45, 7) is 7.31. The standard InChI is InChI=1S/C7H15ClO/c1-6(2,8)5-7(3,4)9/h9H,5H2,1-4H3. The van der Waals surface area contributed by atoms with Crippen LogP contribution in [-0.4, -0.2) is 15.6 Å². The van der Waals surface area contributed by atoms with Crippen LogP contribution >= 0.6 is 11.6 Å². The third kappa shape index (κ3) is 8.25. The molecule has 1 N–H and O–H groups in total. The van der Waals surface area contributed by atoms with Gasteiger partial charge in [-0.3, -0.25) is 0 Å². The molecule has 0 heterocycles. The van der Waals surface area contributed by atoms with E-state index in [1.54, 1.807) is 13.8 Å². The van der Waals surface area contributed by atoms with E-state index in [1.165, 1.54) is 0 Å². The summed E-state index contributed by atoms with van der Waals surface area (Å²) in [6, 6.07) is 0. The van der Waals surface area contributed by atoms with Gasteiger partial charge in [-0.05, 0) is 34.1 Å². The summed E-state index contributed by atoms with van der Waals surface area (Å²) in [5, 5.41) is 9.27. The Balaban J connectivity index is 3.75. The predicted octanol–water partition coefficient (Wildman–Crippen LogP) is 2.16. The van der Waals surface area contributed by atoms with E-state index < -0.39 is 5.60 Å². The van der Waals surface area contributed by atoms with E-state index in [9.17, 15) is 5.11 Å². The Morgan fingerprint density at radius 3 is 1.56 bits per heavy atom. The van der Waals surface area contributed by atoms with E-state index in [0.717, 1.165) is 0 Å². The van der Waals surface area contributed by atoms with E-state index in [2.05, 4.69) is 0 Å². The maximum absolute atomic E-state index is 9.27. The molecule has 0 saturated heterocycles. The van der Waals surface area contributed by atoms with Crippen molar-refractivity contribution in [2.24, 2.45) is 0 Å². The summed E-state index contributed by atoms with van der Waals surface area (Å²) in [5.74, 6) is 0. The lowest BCUT2D eigenvalue weighted by Gasteiger charge is -2.25. The first kappa shape index (κ1) is 9.25. The largest absolute Gasteiger partial charge is 0.390 e. The first-order valence-electron chi connectivity index (χ1n) is 3.12. The van der Waals surface area contributed by atoms with Gasteiger partial charge in [0.1, 0.15) is 0 Å². The number of hydrogen-bond donors (Lipinski definition) is 1. The Kier molecular flexibility index (Phi) is 2.54. The quantitative estimate of drug-likeness (QED) is 0.599. The minimum absolute atomic E-state index is 0.293. The number of hydrogen-bond acceptors (Lipinski definition) is 1. The Bertz CT molecular complexity index is 74.1. The van der Waals surface area contributed by atoms with Gasteiger partial charge in [-0.2, -0.15) is 0 Å². The Labute approximate surface area is 62.0 Å². The van der Waals surface area contributed by atoms with Gasteiger partial charge in [0.2, 0.25) is 0 Å². The molecule has 0 aromatic rings. The van der Waals surface area contributed by atoms with Crippen molar-refractivity contribution >= 4 is 11.6 Å². The third-order valence-corrected chi connectivity index (χ3v) is 0.987. The van der Waals surface area contributed by atoms with Crippen molar-refractivity contribution in [2.75, 3.05) is 0 Å². The summed E-state index contributed by atoms with van der Waals surface area (Å²) in [5.41, 5.74) is -0.648. The Hall–Kier alpha value is 0.250. The molecule has 0 radical (unpaired) electrons. The Morgan fingerprint density at radius 2 is 1.56 bits per heavy atom. The SMILES string of the molecule is CC(C)(O)CC(C)(C)Cl. The van der Waals surface area contributed by atoms with Crippen molar-refractivity contribution in [3.8, 4) is 0 Å². The highest BCUT2D eigenvalue weighted by Gasteiger charge is 2.23. The van der Waals surface area contributed by atoms with Crippen LogP contribution in [0.1, 0.15) is 34.1 Å². The van der Waals surface area contributed by atoms with Crippen LogP contribution in [0.4, 0.5) is 0 Å². The van der Waals surface area contributed by atoms with Crippen LogP contribution < -0.4 is 0 Å². The fourth-order valence-corrected chi connectivity index (χ4v) is 1.36. The van der Waals surface area contributed by atoms with Crippen LogP contribution in [0.5, 0.6) is 0 Å². The number of alkyl halides is 1. The molecule has 0 saturated carbocycles. The third-order valence-electron chi connectivity index (χ3n) is 0.853. The maximum atomic E-state index is 9.27. The monoisotopic (exact) mass is 150 g/mol. The lowest BCUT2D eigenvalue weighted by molar-refractivity contribution is 0.0620. The van der Waals surface area contributed by atoms with Gasteiger partial charge in [0.15, 0.2) is 0 Å². The van der Waals surface area contributed by atoms with Gasteiger partial charge in [0.25, 0.3) is 0 Å². The van der Waals surface area contributed by atoms with Crippen LogP contribution in [-0.2, 0) is 0 Å². The molecule has 0 spiro atoms. The zero-order chi connectivity index (χ0) is 7.71. The average molecular weight is 151 g/mol. The second kappa shape index (κ2) is 2.47. The second-order valence-electron chi connectivity index (χ2n) is 3.71. The predicted molar refractivity (Wildman–Crippen MR) is 40.8 cm³/mol. The highest BCUT2D eigenvalue weighted by Crippen LogP contribution is 2.24. The summed E-state index contributed by atoms with van der Waals surface area (Å²) in [4.78, 5) is -0.293. The van der Waals surface area contributed by atoms with Crippen LogP contribution in [0.15, 0.2) is 0 Å². The van der Waals surface area contributed by atoms with Crippen LogP contribution in [0.25, 0.3) is 0 Å². The van der Waals surface area contributed by atoms with Crippen LogP contribution in [0.3, 0.4) is 0 Å². The van der Waals surface area contributed by atoms with Crippen molar-refractivity contribution in [1.82, 2.24) is 0 Å². The molecule has 9 heavy (non-hydrogen) atoms. The summed E-state index contributed by atoms with van der Waals surface area (Å²) < 4.78 is 0. The first-order valence-corrected chi connectivity index (χ1v) is 3.50. The minimum Gasteiger partial charge on any atom is -0.390 e. The first-order chi connectivity index (χ1) is 3.71. The van der Waals surface area contributed by atoms with Gasteiger partial charge in [0.05, 0.1) is 5.60 Å². The topological polar surface area (TPSA) is 20.2 Å². The molecule has 0 aliphatic heterocycles. The zero-order valence-electron chi connectivity index (χ0n) is 6.53. The van der Waals surface area contributed by atoms with E-state index in [1.807, 2.05) is 13.8 Å². The van der Waals surface area contributed by atoms with Gasteiger partial charge in [-0.1, -0.05) is 0 Å². The molecule has 0 aliphatic carbocycles. The summed E-state index contributed by atoms with van der Waals surface area (Å²) >= 11 is 5.86. The number of halogens is 1.